The number of nitrogens with two attached hydrogens (primary N) is 1. The van der Waals surface area contributed by atoms with Gasteiger partial charge >= 0.3 is 5.97 Å². The minimum Gasteiger partial charge on any atom is -0.481 e. The summed E-state index contributed by atoms with van der Waals surface area (Å²) in [6, 6.07) is 10.2. The van der Waals surface area contributed by atoms with Crippen molar-refractivity contribution in [3.8, 4) is 0 Å². The average molecular weight is 370 g/mol. The second-order valence-electron chi connectivity index (χ2n) is 8.50. The van der Waals surface area contributed by atoms with Gasteiger partial charge in [0.15, 0.2) is 0 Å². The maximum atomic E-state index is 13.1. The van der Waals surface area contributed by atoms with Crippen LogP contribution in [0.1, 0.15) is 43.6 Å². The van der Waals surface area contributed by atoms with Gasteiger partial charge in [-0.15, -0.1) is 0 Å². The number of carboxylic acid groups (broad SMARTS) is 1. The number of hydrogen-bond donors (Lipinski definition) is 2. The second kappa shape index (κ2) is 6.66. The molecule has 144 valence electrons. The lowest BCUT2D eigenvalue weighted by Gasteiger charge is -2.35. The average Bonchev–Trinajstić information content (AvgIpc) is 3.14. The maximum Gasteiger partial charge on any atom is 0.307 e. The summed E-state index contributed by atoms with van der Waals surface area (Å²) in [7, 11) is 0. The molecule has 0 radical (unpaired) electrons. The van der Waals surface area contributed by atoms with Gasteiger partial charge in [0.05, 0.1) is 11.8 Å². The van der Waals surface area contributed by atoms with E-state index in [0.29, 0.717) is 38.3 Å². The highest BCUT2D eigenvalue weighted by atomic mass is 16.4. The zero-order chi connectivity index (χ0) is 19.2. The van der Waals surface area contributed by atoms with E-state index >= 15 is 0 Å². The molecular weight excluding hydrogens is 344 g/mol. The summed E-state index contributed by atoms with van der Waals surface area (Å²) in [6.45, 7) is 1.33. The second-order valence-corrected chi connectivity index (χ2v) is 8.50. The molecule has 1 aromatic rings. The first kappa shape index (κ1) is 18.0. The van der Waals surface area contributed by atoms with Crippen molar-refractivity contribution in [2.45, 2.75) is 38.0 Å². The van der Waals surface area contributed by atoms with E-state index in [-0.39, 0.29) is 23.1 Å². The number of nitrogens with zero attached hydrogens (tertiary/aromatic N) is 1. The summed E-state index contributed by atoms with van der Waals surface area (Å²) in [5.41, 5.74) is 6.38. The van der Waals surface area contributed by atoms with Gasteiger partial charge in [-0.2, -0.15) is 0 Å². The monoisotopic (exact) mass is 370 g/mol. The number of carbonyl (C=O) groups excluding carboxylic acids is 2. The van der Waals surface area contributed by atoms with Crippen LogP contribution in [0.5, 0.6) is 0 Å². The Labute approximate surface area is 158 Å². The minimum absolute atomic E-state index is 0.0352. The van der Waals surface area contributed by atoms with Gasteiger partial charge in [0.2, 0.25) is 11.8 Å². The van der Waals surface area contributed by atoms with Crippen molar-refractivity contribution < 1.29 is 19.5 Å². The fourth-order valence-corrected chi connectivity index (χ4v) is 5.33. The molecule has 1 aromatic carbocycles. The largest absolute Gasteiger partial charge is 0.481 e. The Morgan fingerprint density at radius 2 is 1.81 bits per heavy atom. The SMILES string of the molecule is NC(=O)C1CC12CCC(C(=O)N1CCC(c3ccccc3)C1)C(C(=O)O)C2. The van der Waals surface area contributed by atoms with Crippen molar-refractivity contribution in [1.82, 2.24) is 4.90 Å². The number of carbonyl (C=O) groups is 3. The van der Waals surface area contributed by atoms with Gasteiger partial charge in [0, 0.05) is 24.9 Å². The molecule has 3 N–H and O–H groups in total. The summed E-state index contributed by atoms with van der Waals surface area (Å²) < 4.78 is 0. The Morgan fingerprint density at radius 1 is 1.07 bits per heavy atom. The van der Waals surface area contributed by atoms with Crippen molar-refractivity contribution in [1.29, 1.82) is 0 Å². The molecule has 0 aromatic heterocycles. The van der Waals surface area contributed by atoms with Gasteiger partial charge < -0.3 is 15.7 Å². The van der Waals surface area contributed by atoms with E-state index in [1.165, 1.54) is 5.56 Å². The molecule has 1 saturated heterocycles. The molecule has 4 rings (SSSR count). The predicted molar refractivity (Wildman–Crippen MR) is 98.6 cm³/mol. The Morgan fingerprint density at radius 3 is 2.44 bits per heavy atom. The van der Waals surface area contributed by atoms with Gasteiger partial charge in [-0.25, -0.2) is 0 Å². The van der Waals surface area contributed by atoms with Gasteiger partial charge in [0.1, 0.15) is 0 Å². The molecule has 0 bridgehead atoms. The molecule has 1 spiro atoms. The Balaban J connectivity index is 1.44. The lowest BCUT2D eigenvalue weighted by molar-refractivity contribution is -0.153. The van der Waals surface area contributed by atoms with E-state index in [1.807, 2.05) is 23.1 Å². The molecule has 2 saturated carbocycles. The number of benzene rings is 1. The van der Waals surface area contributed by atoms with Crippen LogP contribution in [0.25, 0.3) is 0 Å². The number of rotatable bonds is 4. The third-order valence-corrected chi connectivity index (χ3v) is 7.00. The summed E-state index contributed by atoms with van der Waals surface area (Å²) in [6.07, 6.45) is 3.23. The molecule has 27 heavy (non-hydrogen) atoms. The highest BCUT2D eigenvalue weighted by Gasteiger charge is 2.61. The van der Waals surface area contributed by atoms with Gasteiger partial charge in [-0.3, -0.25) is 14.4 Å². The van der Waals surface area contributed by atoms with E-state index in [1.54, 1.807) is 0 Å². The molecule has 3 aliphatic rings. The predicted octanol–water partition coefficient (Wildman–Crippen LogP) is 1.99. The van der Waals surface area contributed by atoms with E-state index in [4.69, 9.17) is 5.73 Å². The van der Waals surface area contributed by atoms with E-state index in [0.717, 1.165) is 12.8 Å². The van der Waals surface area contributed by atoms with Crippen molar-refractivity contribution in [2.75, 3.05) is 13.1 Å². The summed E-state index contributed by atoms with van der Waals surface area (Å²) in [4.78, 5) is 38.3. The summed E-state index contributed by atoms with van der Waals surface area (Å²) in [5.74, 6) is -2.41. The molecule has 6 heteroatoms. The molecular formula is C21H26N2O4. The topological polar surface area (TPSA) is 101 Å². The fraction of sp³-hybridized carbons (Fsp3) is 0.571. The van der Waals surface area contributed by atoms with Crippen molar-refractivity contribution in [3.05, 3.63) is 35.9 Å². The van der Waals surface area contributed by atoms with Crippen molar-refractivity contribution in [3.63, 3.8) is 0 Å². The smallest absolute Gasteiger partial charge is 0.307 e. The Kier molecular flexibility index (Phi) is 4.44. The molecule has 1 heterocycles. The minimum atomic E-state index is -0.929. The van der Waals surface area contributed by atoms with Crippen molar-refractivity contribution in [2.24, 2.45) is 28.9 Å². The number of primary amides is 1. The van der Waals surface area contributed by atoms with Crippen LogP contribution in [-0.2, 0) is 14.4 Å². The Bertz CT molecular complexity index is 765. The van der Waals surface area contributed by atoms with E-state index in [9.17, 15) is 19.5 Å². The van der Waals surface area contributed by atoms with Crippen LogP contribution in [0.2, 0.25) is 0 Å². The highest BCUT2D eigenvalue weighted by Crippen LogP contribution is 2.63. The number of aliphatic carboxylic acids is 1. The molecule has 2 amide bonds. The lowest BCUT2D eigenvalue weighted by atomic mass is 9.70. The van der Waals surface area contributed by atoms with Crippen molar-refractivity contribution >= 4 is 17.8 Å². The molecule has 3 fully saturated rings. The van der Waals surface area contributed by atoms with Crippen LogP contribution in [0, 0.1) is 23.2 Å². The van der Waals surface area contributed by atoms with Crippen LogP contribution >= 0.6 is 0 Å². The number of hydrogen-bond acceptors (Lipinski definition) is 3. The first-order valence-corrected chi connectivity index (χ1v) is 9.77. The quantitative estimate of drug-likeness (QED) is 0.846. The van der Waals surface area contributed by atoms with Crippen LogP contribution in [-0.4, -0.2) is 40.9 Å². The third-order valence-electron chi connectivity index (χ3n) is 7.00. The molecule has 5 atom stereocenters. The molecule has 2 aliphatic carbocycles. The first-order chi connectivity index (χ1) is 12.9. The fourth-order valence-electron chi connectivity index (χ4n) is 5.33. The van der Waals surface area contributed by atoms with E-state index in [2.05, 4.69) is 12.1 Å². The van der Waals surface area contributed by atoms with Gasteiger partial charge in [-0.05, 0) is 43.1 Å². The Hall–Kier alpha value is -2.37. The van der Waals surface area contributed by atoms with Crippen LogP contribution in [0.3, 0.4) is 0 Å². The number of amides is 2. The van der Waals surface area contributed by atoms with Crippen LogP contribution in [0.15, 0.2) is 30.3 Å². The van der Waals surface area contributed by atoms with Crippen LogP contribution in [0.4, 0.5) is 0 Å². The van der Waals surface area contributed by atoms with Gasteiger partial charge in [-0.1, -0.05) is 30.3 Å². The molecule has 5 unspecified atom stereocenters. The highest BCUT2D eigenvalue weighted by molar-refractivity contribution is 5.86. The summed E-state index contributed by atoms with van der Waals surface area (Å²) >= 11 is 0. The third kappa shape index (κ3) is 3.22. The van der Waals surface area contributed by atoms with Crippen LogP contribution < -0.4 is 5.73 Å². The lowest BCUT2D eigenvalue weighted by Crippen LogP contribution is -2.44. The number of likely N-dealkylation sites (tertiary alicyclic amines) is 1. The first-order valence-electron chi connectivity index (χ1n) is 9.77. The zero-order valence-electron chi connectivity index (χ0n) is 15.3. The molecule has 6 nitrogen and oxygen atoms in total. The van der Waals surface area contributed by atoms with E-state index < -0.39 is 17.8 Å². The zero-order valence-corrected chi connectivity index (χ0v) is 15.3. The van der Waals surface area contributed by atoms with Gasteiger partial charge in [0.25, 0.3) is 0 Å². The summed E-state index contributed by atoms with van der Waals surface area (Å²) in [5, 5.41) is 9.73. The standard InChI is InChI=1S/C21H26N2O4/c22-18(24)17-11-21(17)8-6-15(16(10-21)20(26)27)19(25)23-9-7-14(12-23)13-4-2-1-3-5-13/h1-5,14-17H,6-12H2,(H2,22,24)(H,26,27). The number of carboxylic acids is 1. The molecule has 1 aliphatic heterocycles. The normalized spacial score (nSPS) is 35.2. The maximum absolute atomic E-state index is 13.1.